The van der Waals surface area contributed by atoms with Crippen LogP contribution in [0.25, 0.3) is 0 Å². The Labute approximate surface area is 145 Å². The second-order valence-corrected chi connectivity index (χ2v) is 6.82. The summed E-state index contributed by atoms with van der Waals surface area (Å²) in [6.07, 6.45) is 9.36. The maximum Gasteiger partial charge on any atom is 0.211 e. The zero-order chi connectivity index (χ0) is 16.6. The first-order valence-electron chi connectivity index (χ1n) is 7.44. The van der Waals surface area contributed by atoms with E-state index in [9.17, 15) is 4.39 Å². The van der Waals surface area contributed by atoms with Crippen LogP contribution in [0, 0.1) is 23.2 Å². The van der Waals surface area contributed by atoms with E-state index >= 15 is 0 Å². The molecule has 5 unspecified atom stereocenters. The number of nitriles is 1. The second-order valence-electron chi connectivity index (χ2n) is 5.88. The summed E-state index contributed by atoms with van der Waals surface area (Å²) in [5.74, 6) is 0.0406. The zero-order valence-corrected chi connectivity index (χ0v) is 14.0. The number of allylic oxidation sites excluding steroid dienone is 5. The Balaban J connectivity index is 1.82. The Kier molecular flexibility index (Phi) is 4.61. The Morgan fingerprint density at radius 2 is 2.26 bits per heavy atom. The Morgan fingerprint density at radius 3 is 2.96 bits per heavy atom. The first-order valence-corrected chi connectivity index (χ1v) is 8.26. The van der Waals surface area contributed by atoms with Gasteiger partial charge in [0.15, 0.2) is 0 Å². The molecule has 3 rings (SSSR count). The number of hydrazone groups is 1. The highest BCUT2D eigenvalue weighted by molar-refractivity contribution is 6.31. The number of rotatable bonds is 3. The molecule has 0 saturated carbocycles. The molecule has 0 saturated heterocycles. The van der Waals surface area contributed by atoms with Gasteiger partial charge < -0.3 is 0 Å². The number of halogens is 3. The van der Waals surface area contributed by atoms with Gasteiger partial charge in [-0.1, -0.05) is 42.0 Å². The Hall–Kier alpha value is -1.57. The smallest absolute Gasteiger partial charge is 0.211 e. The van der Waals surface area contributed by atoms with Crippen molar-refractivity contribution in [2.45, 2.75) is 24.5 Å². The summed E-state index contributed by atoms with van der Waals surface area (Å²) in [6.45, 7) is 2.50. The fraction of sp³-hybridized carbons (Fsp3) is 0.412. The van der Waals surface area contributed by atoms with Crippen molar-refractivity contribution < 1.29 is 4.39 Å². The molecule has 0 N–H and O–H groups in total. The maximum absolute atomic E-state index is 13.7. The zero-order valence-electron chi connectivity index (χ0n) is 12.5. The highest BCUT2D eigenvalue weighted by atomic mass is 35.5. The average molecular weight is 352 g/mol. The average Bonchev–Trinajstić information content (AvgIpc) is 2.86. The summed E-state index contributed by atoms with van der Waals surface area (Å²) in [7, 11) is 0. The molecule has 3 aliphatic rings. The van der Waals surface area contributed by atoms with Gasteiger partial charge in [-0.3, -0.25) is 5.01 Å². The monoisotopic (exact) mass is 351 g/mol. The molecule has 1 aliphatic heterocycles. The molecule has 0 aromatic rings. The predicted octanol–water partition coefficient (Wildman–Crippen LogP) is 3.94. The molecule has 0 bridgehead atoms. The molecule has 0 radical (unpaired) electrons. The number of hydrogen-bond acceptors (Lipinski definition) is 3. The van der Waals surface area contributed by atoms with Crippen LogP contribution >= 0.6 is 23.2 Å². The summed E-state index contributed by atoms with van der Waals surface area (Å²) in [4.78, 5) is 0. The summed E-state index contributed by atoms with van der Waals surface area (Å²) < 4.78 is 13.7. The van der Waals surface area contributed by atoms with Crippen molar-refractivity contribution in [3.8, 4) is 6.07 Å². The first kappa shape index (κ1) is 16.3. The normalized spacial score (nSPS) is 33.5. The van der Waals surface area contributed by atoms with Gasteiger partial charge in [0.1, 0.15) is 6.07 Å². The van der Waals surface area contributed by atoms with E-state index in [4.69, 9.17) is 28.5 Å². The van der Waals surface area contributed by atoms with E-state index in [1.54, 1.807) is 18.2 Å². The molecule has 0 aromatic heterocycles. The van der Waals surface area contributed by atoms with Gasteiger partial charge in [0.05, 0.1) is 11.4 Å². The van der Waals surface area contributed by atoms with E-state index in [1.165, 1.54) is 0 Å². The van der Waals surface area contributed by atoms with E-state index in [0.29, 0.717) is 17.2 Å². The van der Waals surface area contributed by atoms with Crippen molar-refractivity contribution in [2.24, 2.45) is 16.9 Å². The van der Waals surface area contributed by atoms with Gasteiger partial charge in [-0.15, -0.1) is 11.6 Å². The summed E-state index contributed by atoms with van der Waals surface area (Å²) in [5.41, 5.74) is 1.35. The van der Waals surface area contributed by atoms with Crippen molar-refractivity contribution in [3.05, 3.63) is 47.1 Å². The standard InChI is InChI=1S/C17H16Cl2FN3/c1-10-12-6-5-11(16(20)8-21)7-17(12)23(22-10)9-13-14(18)3-2-4-15(13)19/h2-7,12-14,16-17H,9H2,1H3. The number of fused-ring (bicyclic) bond motifs is 1. The molecule has 0 aromatic carbocycles. The fourth-order valence-electron chi connectivity index (χ4n) is 3.14. The molecule has 120 valence electrons. The first-order chi connectivity index (χ1) is 11.0. The number of hydrogen-bond donors (Lipinski definition) is 0. The number of nitrogens with zero attached hydrogens (tertiary/aromatic N) is 3. The second kappa shape index (κ2) is 6.51. The lowest BCUT2D eigenvalue weighted by atomic mass is 9.87. The summed E-state index contributed by atoms with van der Waals surface area (Å²) >= 11 is 12.6. The molecular formula is C17H16Cl2FN3. The predicted molar refractivity (Wildman–Crippen MR) is 91.0 cm³/mol. The van der Waals surface area contributed by atoms with E-state index in [2.05, 4.69) is 5.10 Å². The van der Waals surface area contributed by atoms with Crippen LogP contribution in [0.1, 0.15) is 6.92 Å². The van der Waals surface area contributed by atoms with Crippen molar-refractivity contribution in [3.63, 3.8) is 0 Å². The van der Waals surface area contributed by atoms with Crippen molar-refractivity contribution in [1.82, 2.24) is 5.01 Å². The minimum atomic E-state index is -1.61. The third-order valence-electron chi connectivity index (χ3n) is 4.42. The molecular weight excluding hydrogens is 336 g/mol. The van der Waals surface area contributed by atoms with Gasteiger partial charge in [0, 0.05) is 29.1 Å². The van der Waals surface area contributed by atoms with Crippen molar-refractivity contribution in [2.75, 3.05) is 6.54 Å². The molecule has 3 nitrogen and oxygen atoms in total. The van der Waals surface area contributed by atoms with Crippen LogP contribution in [0.4, 0.5) is 4.39 Å². The molecule has 0 spiro atoms. The van der Waals surface area contributed by atoms with Gasteiger partial charge >= 0.3 is 0 Å². The van der Waals surface area contributed by atoms with Gasteiger partial charge in [-0.25, -0.2) is 4.39 Å². The quantitative estimate of drug-likeness (QED) is 0.722. The lowest BCUT2D eigenvalue weighted by molar-refractivity contribution is 0.223. The third-order valence-corrected chi connectivity index (χ3v) is 5.27. The van der Waals surface area contributed by atoms with Crippen LogP contribution in [-0.2, 0) is 0 Å². The highest BCUT2D eigenvalue weighted by Crippen LogP contribution is 2.35. The molecule has 23 heavy (non-hydrogen) atoms. The van der Waals surface area contributed by atoms with Crippen LogP contribution < -0.4 is 0 Å². The summed E-state index contributed by atoms with van der Waals surface area (Å²) in [6, 6.07) is 1.54. The lowest BCUT2D eigenvalue weighted by Gasteiger charge is -2.32. The third kappa shape index (κ3) is 3.08. The molecule has 5 atom stereocenters. The topological polar surface area (TPSA) is 39.4 Å². The van der Waals surface area contributed by atoms with Crippen LogP contribution in [0.15, 0.2) is 52.2 Å². The van der Waals surface area contributed by atoms with Crippen LogP contribution in [0.3, 0.4) is 0 Å². The minimum absolute atomic E-state index is 0.0569. The van der Waals surface area contributed by atoms with Crippen molar-refractivity contribution in [1.29, 1.82) is 5.26 Å². The maximum atomic E-state index is 13.7. The fourth-order valence-corrected chi connectivity index (χ4v) is 3.78. The SMILES string of the molecule is CC1=NN(CC2C(Cl)=CC=CC2Cl)C2C=C(C(F)C#N)C=CC12. The summed E-state index contributed by atoms with van der Waals surface area (Å²) in [5, 5.41) is 15.8. The van der Waals surface area contributed by atoms with E-state index in [-0.39, 0.29) is 23.3 Å². The minimum Gasteiger partial charge on any atom is -0.288 e. The van der Waals surface area contributed by atoms with Gasteiger partial charge in [-0.2, -0.15) is 10.4 Å². The van der Waals surface area contributed by atoms with E-state index < -0.39 is 6.17 Å². The Bertz CT molecular complexity index is 686. The number of alkyl halides is 2. The van der Waals surface area contributed by atoms with E-state index in [1.807, 2.05) is 36.2 Å². The molecule has 1 heterocycles. The van der Waals surface area contributed by atoms with Gasteiger partial charge in [0.25, 0.3) is 0 Å². The van der Waals surface area contributed by atoms with Crippen LogP contribution in [-0.4, -0.2) is 34.9 Å². The van der Waals surface area contributed by atoms with Crippen LogP contribution in [0.5, 0.6) is 0 Å². The molecule has 0 fully saturated rings. The van der Waals surface area contributed by atoms with Gasteiger partial charge in [-0.05, 0) is 18.6 Å². The highest BCUT2D eigenvalue weighted by Gasteiger charge is 2.37. The molecule has 0 amide bonds. The largest absolute Gasteiger partial charge is 0.288 e. The lowest BCUT2D eigenvalue weighted by Crippen LogP contribution is -2.38. The van der Waals surface area contributed by atoms with Crippen molar-refractivity contribution >= 4 is 28.9 Å². The molecule has 2 aliphatic carbocycles. The van der Waals surface area contributed by atoms with Gasteiger partial charge in [0.2, 0.25) is 6.17 Å². The van der Waals surface area contributed by atoms with E-state index in [0.717, 1.165) is 5.71 Å². The van der Waals surface area contributed by atoms with Crippen LogP contribution in [0.2, 0.25) is 0 Å². The molecule has 6 heteroatoms. The Morgan fingerprint density at radius 1 is 1.48 bits per heavy atom.